The fraction of sp³-hybridized carbons (Fsp3) is 0.500. The van der Waals surface area contributed by atoms with Gasteiger partial charge in [-0.05, 0) is 31.6 Å². The Morgan fingerprint density at radius 1 is 1.39 bits per heavy atom. The van der Waals surface area contributed by atoms with Crippen molar-refractivity contribution >= 4 is 5.97 Å². The van der Waals surface area contributed by atoms with Crippen molar-refractivity contribution in [2.75, 3.05) is 0 Å². The van der Waals surface area contributed by atoms with Crippen LogP contribution in [0.3, 0.4) is 0 Å². The molecule has 0 N–H and O–H groups in total. The van der Waals surface area contributed by atoms with Crippen LogP contribution in [0.1, 0.15) is 32.6 Å². The van der Waals surface area contributed by atoms with Crippen molar-refractivity contribution in [1.29, 1.82) is 0 Å². The molecule has 1 fully saturated rings. The van der Waals surface area contributed by atoms with E-state index in [1.54, 1.807) is 0 Å². The number of ether oxygens (including phenoxy) is 1. The Balaban J connectivity index is 0.00000162. The molecule has 2 nitrogen and oxygen atoms in total. The zero-order valence-corrected chi connectivity index (χ0v) is 15.8. The molecule has 0 saturated heterocycles. The van der Waals surface area contributed by atoms with E-state index in [1.807, 2.05) is 0 Å². The van der Waals surface area contributed by atoms with Gasteiger partial charge in [-0.2, -0.15) is 12.1 Å². The Kier molecular flexibility index (Phi) is 7.21. The first kappa shape index (κ1) is 16.5. The molecule has 18 heavy (non-hydrogen) atoms. The van der Waals surface area contributed by atoms with Crippen LogP contribution in [0.5, 0.6) is 5.75 Å². The topological polar surface area (TPSA) is 26.3 Å². The van der Waals surface area contributed by atoms with Crippen molar-refractivity contribution < 1.29 is 72.1 Å². The van der Waals surface area contributed by atoms with Crippen LogP contribution in [-0.4, -0.2) is 5.97 Å². The average Bonchev–Trinajstić information content (AvgIpc) is 2.33. The summed E-state index contributed by atoms with van der Waals surface area (Å²) in [5.41, 5.74) is 0. The second kappa shape index (κ2) is 7.88. The van der Waals surface area contributed by atoms with Crippen molar-refractivity contribution in [2.24, 2.45) is 11.8 Å². The predicted octanol–water partition coefficient (Wildman–Crippen LogP) is 0.362. The number of rotatable bonds is 2. The van der Waals surface area contributed by atoms with E-state index in [1.165, 1.54) is 18.2 Å². The van der Waals surface area contributed by atoms with Gasteiger partial charge in [0.15, 0.2) is 0 Å². The summed E-state index contributed by atoms with van der Waals surface area (Å²) in [6.07, 6.45) is 3.79. The van der Waals surface area contributed by atoms with Crippen LogP contribution in [0.15, 0.2) is 18.2 Å². The Morgan fingerprint density at radius 2 is 2.06 bits per heavy atom. The summed E-state index contributed by atoms with van der Waals surface area (Å²) >= 11 is 0. The third-order valence-electron chi connectivity index (χ3n) is 3.34. The molecule has 0 spiro atoms. The van der Waals surface area contributed by atoms with Gasteiger partial charge in [-0.3, -0.25) is 9.18 Å². The molecule has 0 aromatic heterocycles. The van der Waals surface area contributed by atoms with Crippen molar-refractivity contribution in [3.8, 4) is 5.75 Å². The molecule has 0 amide bonds. The number of hydrogen-bond acceptors (Lipinski definition) is 2. The Bertz CT molecular complexity index is 401. The van der Waals surface area contributed by atoms with E-state index in [2.05, 4.69) is 13.0 Å². The van der Waals surface area contributed by atoms with Crippen LogP contribution < -0.4 is 62.9 Å². The number of benzene rings is 1. The summed E-state index contributed by atoms with van der Waals surface area (Å²) in [7, 11) is 0. The monoisotopic (exact) mass is 320 g/mol. The van der Waals surface area contributed by atoms with Crippen LogP contribution in [-0.2, 0) is 4.79 Å². The molecule has 92 valence electrons. The maximum Gasteiger partial charge on any atom is 1.00 e. The van der Waals surface area contributed by atoms with Gasteiger partial charge in [-0.1, -0.05) is 6.92 Å². The molecule has 0 atom stereocenters. The SMILES string of the molecule is CC1CCC(C(=O)Oc2cc[c-]cc2F)CC1.[Rb+]. The maximum absolute atomic E-state index is 13.3. The molecule has 0 bridgehead atoms. The van der Waals surface area contributed by atoms with Gasteiger partial charge < -0.3 is 4.74 Å². The number of esters is 1. The molecule has 0 aliphatic heterocycles. The first-order chi connectivity index (χ1) is 8.16. The quantitative estimate of drug-likeness (QED) is 0.447. The van der Waals surface area contributed by atoms with E-state index in [4.69, 9.17) is 4.74 Å². The molecule has 0 heterocycles. The van der Waals surface area contributed by atoms with Gasteiger partial charge in [0, 0.05) is 0 Å². The normalized spacial score (nSPS) is 23.0. The molecule has 1 aliphatic rings. The smallest absolute Gasteiger partial charge is 0.450 e. The van der Waals surface area contributed by atoms with Gasteiger partial charge in [0.1, 0.15) is 0 Å². The fourth-order valence-corrected chi connectivity index (χ4v) is 2.17. The van der Waals surface area contributed by atoms with E-state index in [0.717, 1.165) is 25.7 Å². The van der Waals surface area contributed by atoms with Gasteiger partial charge in [0.2, 0.25) is 0 Å². The van der Waals surface area contributed by atoms with Crippen LogP contribution in [0.4, 0.5) is 4.39 Å². The largest absolute Gasteiger partial charge is 1.00 e. The molecule has 0 radical (unpaired) electrons. The molecule has 1 aromatic carbocycles. The average molecular weight is 321 g/mol. The summed E-state index contributed by atoms with van der Waals surface area (Å²) in [5, 5.41) is 0. The summed E-state index contributed by atoms with van der Waals surface area (Å²) in [4.78, 5) is 11.8. The number of carbonyl (C=O) groups excluding carboxylic acids is 1. The minimum atomic E-state index is -0.537. The molecular weight excluding hydrogens is 305 g/mol. The second-order valence-electron chi connectivity index (χ2n) is 4.73. The van der Waals surface area contributed by atoms with Crippen LogP contribution in [0.2, 0.25) is 0 Å². The van der Waals surface area contributed by atoms with Gasteiger partial charge in [0.05, 0.1) is 17.5 Å². The predicted molar refractivity (Wildman–Crippen MR) is 62.0 cm³/mol. The zero-order chi connectivity index (χ0) is 12.3. The fourth-order valence-electron chi connectivity index (χ4n) is 2.17. The molecule has 4 heteroatoms. The minimum absolute atomic E-state index is 0. The second-order valence-corrected chi connectivity index (χ2v) is 4.73. The van der Waals surface area contributed by atoms with Gasteiger partial charge in [-0.25, -0.2) is 0 Å². The first-order valence-corrected chi connectivity index (χ1v) is 6.04. The van der Waals surface area contributed by atoms with E-state index in [0.29, 0.717) is 5.92 Å². The summed E-state index contributed by atoms with van der Waals surface area (Å²) in [6, 6.07) is 6.73. The summed E-state index contributed by atoms with van der Waals surface area (Å²) in [5.74, 6) is -0.226. The van der Waals surface area contributed by atoms with E-state index in [-0.39, 0.29) is 75.8 Å². The summed E-state index contributed by atoms with van der Waals surface area (Å²) < 4.78 is 18.4. The Labute approximate surface area is 156 Å². The van der Waals surface area contributed by atoms with E-state index < -0.39 is 5.82 Å². The van der Waals surface area contributed by atoms with Gasteiger partial charge in [0.25, 0.3) is 0 Å². The van der Waals surface area contributed by atoms with E-state index >= 15 is 0 Å². The molecular formula is C14H16FO2Rb. The Hall–Kier alpha value is 0.425. The van der Waals surface area contributed by atoms with Crippen LogP contribution >= 0.6 is 0 Å². The third-order valence-corrected chi connectivity index (χ3v) is 3.34. The van der Waals surface area contributed by atoms with E-state index in [9.17, 15) is 9.18 Å². The number of hydrogen-bond donors (Lipinski definition) is 0. The molecule has 1 aromatic rings. The first-order valence-electron chi connectivity index (χ1n) is 6.04. The van der Waals surface area contributed by atoms with Gasteiger partial charge >= 0.3 is 64.2 Å². The van der Waals surface area contributed by atoms with Gasteiger partial charge in [-0.15, -0.1) is 12.1 Å². The summed E-state index contributed by atoms with van der Waals surface area (Å²) in [6.45, 7) is 2.19. The van der Waals surface area contributed by atoms with Crippen molar-refractivity contribution in [3.05, 3.63) is 30.1 Å². The molecule has 1 aliphatic carbocycles. The minimum Gasteiger partial charge on any atom is -0.450 e. The molecule has 2 rings (SSSR count). The van der Waals surface area contributed by atoms with Crippen LogP contribution in [0.25, 0.3) is 0 Å². The zero-order valence-electron chi connectivity index (χ0n) is 10.9. The van der Waals surface area contributed by atoms with Crippen LogP contribution in [0, 0.1) is 23.7 Å². The number of halogens is 1. The Morgan fingerprint density at radius 3 is 2.67 bits per heavy atom. The number of carbonyl (C=O) groups is 1. The molecule has 0 unspecified atom stereocenters. The maximum atomic E-state index is 13.3. The van der Waals surface area contributed by atoms with Crippen molar-refractivity contribution in [3.63, 3.8) is 0 Å². The van der Waals surface area contributed by atoms with Crippen molar-refractivity contribution in [2.45, 2.75) is 32.6 Å². The standard InChI is InChI=1S/C14H16FO2.Rb/c1-10-6-8-11(9-7-10)14(16)17-13-5-3-2-4-12(13)15;/h3-5,10-11H,6-9H2,1H3;/q-1;+1. The van der Waals surface area contributed by atoms with Crippen molar-refractivity contribution in [1.82, 2.24) is 0 Å². The third kappa shape index (κ3) is 4.51. The molecule has 1 saturated carbocycles.